The van der Waals surface area contributed by atoms with Gasteiger partial charge in [-0.2, -0.15) is 0 Å². The molecule has 21 heavy (non-hydrogen) atoms. The highest BCUT2D eigenvalue weighted by molar-refractivity contribution is 6.17. The number of rotatable bonds is 5. The van der Waals surface area contributed by atoms with Crippen LogP contribution >= 0.6 is 11.6 Å². The molecule has 7 heteroatoms. The standard InChI is InChI=1S/C14H13ClN2O4/c1-9-5-10(7-15)8-16-14(9)21-13-6-11(17(18)19)3-4-12(13)20-2/h3-6,8H,7H2,1-2H3. The van der Waals surface area contributed by atoms with E-state index in [9.17, 15) is 10.1 Å². The van der Waals surface area contributed by atoms with Crippen molar-refractivity contribution in [1.29, 1.82) is 0 Å². The second-order valence-electron chi connectivity index (χ2n) is 4.29. The van der Waals surface area contributed by atoms with E-state index >= 15 is 0 Å². The van der Waals surface area contributed by atoms with Crippen molar-refractivity contribution in [1.82, 2.24) is 4.98 Å². The number of hydrogen-bond donors (Lipinski definition) is 0. The number of non-ortho nitro benzene ring substituents is 1. The van der Waals surface area contributed by atoms with E-state index in [0.29, 0.717) is 17.5 Å². The number of nitrogens with zero attached hydrogens (tertiary/aromatic N) is 2. The Morgan fingerprint density at radius 1 is 1.33 bits per heavy atom. The molecule has 1 aromatic heterocycles. The second-order valence-corrected chi connectivity index (χ2v) is 4.56. The third kappa shape index (κ3) is 3.41. The normalized spacial score (nSPS) is 10.2. The minimum atomic E-state index is -0.497. The van der Waals surface area contributed by atoms with Crippen molar-refractivity contribution >= 4 is 17.3 Å². The summed E-state index contributed by atoms with van der Waals surface area (Å²) >= 11 is 5.74. The summed E-state index contributed by atoms with van der Waals surface area (Å²) in [4.78, 5) is 14.5. The molecule has 2 aromatic rings. The third-order valence-electron chi connectivity index (χ3n) is 2.81. The van der Waals surface area contributed by atoms with Gasteiger partial charge in [-0.1, -0.05) is 0 Å². The molecule has 0 radical (unpaired) electrons. The minimum absolute atomic E-state index is 0.0826. The Morgan fingerprint density at radius 3 is 2.67 bits per heavy atom. The summed E-state index contributed by atoms with van der Waals surface area (Å²) < 4.78 is 10.8. The molecular weight excluding hydrogens is 296 g/mol. The quantitative estimate of drug-likeness (QED) is 0.476. The van der Waals surface area contributed by atoms with Gasteiger partial charge in [-0.3, -0.25) is 10.1 Å². The van der Waals surface area contributed by atoms with Gasteiger partial charge in [0.05, 0.1) is 18.1 Å². The molecule has 0 saturated heterocycles. The highest BCUT2D eigenvalue weighted by Crippen LogP contribution is 2.35. The SMILES string of the molecule is COc1ccc([N+](=O)[O-])cc1Oc1ncc(CCl)cc1C. The van der Waals surface area contributed by atoms with E-state index in [-0.39, 0.29) is 11.4 Å². The molecule has 1 heterocycles. The molecule has 0 saturated carbocycles. The van der Waals surface area contributed by atoms with E-state index in [1.165, 1.54) is 25.3 Å². The van der Waals surface area contributed by atoms with E-state index < -0.39 is 4.92 Å². The van der Waals surface area contributed by atoms with E-state index in [1.54, 1.807) is 6.20 Å². The number of benzene rings is 1. The van der Waals surface area contributed by atoms with Crippen LogP contribution in [0.4, 0.5) is 5.69 Å². The minimum Gasteiger partial charge on any atom is -0.493 e. The number of nitro benzene ring substituents is 1. The number of alkyl halides is 1. The molecule has 0 aliphatic heterocycles. The predicted octanol–water partition coefficient (Wildman–Crippen LogP) is 3.84. The lowest BCUT2D eigenvalue weighted by molar-refractivity contribution is -0.384. The Morgan fingerprint density at radius 2 is 2.10 bits per heavy atom. The summed E-state index contributed by atoms with van der Waals surface area (Å²) in [5.74, 6) is 1.33. The molecule has 0 aliphatic rings. The molecule has 0 fully saturated rings. The van der Waals surface area contributed by atoms with E-state index in [2.05, 4.69) is 4.98 Å². The zero-order valence-electron chi connectivity index (χ0n) is 11.5. The summed E-state index contributed by atoms with van der Waals surface area (Å²) in [5, 5.41) is 10.8. The van der Waals surface area contributed by atoms with E-state index in [0.717, 1.165) is 11.1 Å². The topological polar surface area (TPSA) is 74.5 Å². The van der Waals surface area contributed by atoms with Gasteiger partial charge >= 0.3 is 0 Å². The van der Waals surface area contributed by atoms with Crippen molar-refractivity contribution < 1.29 is 14.4 Å². The fraction of sp³-hybridized carbons (Fsp3) is 0.214. The number of methoxy groups -OCH3 is 1. The number of ether oxygens (including phenoxy) is 2. The van der Waals surface area contributed by atoms with Crippen LogP contribution in [0.1, 0.15) is 11.1 Å². The molecule has 0 aliphatic carbocycles. The molecule has 0 unspecified atom stereocenters. The number of aromatic nitrogens is 1. The van der Waals surface area contributed by atoms with Crippen LogP contribution in [0.15, 0.2) is 30.5 Å². The first-order chi connectivity index (χ1) is 10.0. The van der Waals surface area contributed by atoms with E-state index in [4.69, 9.17) is 21.1 Å². The van der Waals surface area contributed by atoms with Crippen LogP contribution < -0.4 is 9.47 Å². The zero-order valence-corrected chi connectivity index (χ0v) is 12.3. The smallest absolute Gasteiger partial charge is 0.273 e. The highest BCUT2D eigenvalue weighted by Gasteiger charge is 2.14. The largest absolute Gasteiger partial charge is 0.493 e. The first-order valence-corrected chi connectivity index (χ1v) is 6.60. The van der Waals surface area contributed by atoms with Gasteiger partial charge in [0.1, 0.15) is 0 Å². The first kappa shape index (κ1) is 15.1. The van der Waals surface area contributed by atoms with Crippen molar-refractivity contribution in [3.8, 4) is 17.4 Å². The van der Waals surface area contributed by atoms with Gasteiger partial charge in [0.25, 0.3) is 5.69 Å². The van der Waals surface area contributed by atoms with Crippen LogP contribution in [0.5, 0.6) is 17.4 Å². The highest BCUT2D eigenvalue weighted by atomic mass is 35.5. The molecule has 0 bridgehead atoms. The average Bonchev–Trinajstić information content (AvgIpc) is 2.49. The molecule has 2 rings (SSSR count). The number of halogens is 1. The summed E-state index contributed by atoms with van der Waals surface area (Å²) in [6.45, 7) is 1.82. The number of nitro groups is 1. The fourth-order valence-electron chi connectivity index (χ4n) is 1.76. The Balaban J connectivity index is 2.38. The zero-order chi connectivity index (χ0) is 15.4. The van der Waals surface area contributed by atoms with Crippen LogP contribution in [0.2, 0.25) is 0 Å². The van der Waals surface area contributed by atoms with Gasteiger partial charge in [-0.25, -0.2) is 4.98 Å². The maximum absolute atomic E-state index is 10.8. The van der Waals surface area contributed by atoms with Crippen molar-refractivity contribution in [2.24, 2.45) is 0 Å². The third-order valence-corrected chi connectivity index (χ3v) is 3.11. The van der Waals surface area contributed by atoms with Crippen LogP contribution in [0.25, 0.3) is 0 Å². The molecule has 0 atom stereocenters. The lowest BCUT2D eigenvalue weighted by Gasteiger charge is -2.11. The molecule has 110 valence electrons. The van der Waals surface area contributed by atoms with Crippen molar-refractivity contribution in [3.63, 3.8) is 0 Å². The predicted molar refractivity (Wildman–Crippen MR) is 78.3 cm³/mol. The van der Waals surface area contributed by atoms with Gasteiger partial charge in [0.2, 0.25) is 5.88 Å². The van der Waals surface area contributed by atoms with Crippen LogP contribution in [-0.4, -0.2) is 17.0 Å². The first-order valence-electron chi connectivity index (χ1n) is 6.07. The monoisotopic (exact) mass is 308 g/mol. The summed E-state index contributed by atoms with van der Waals surface area (Å²) in [7, 11) is 1.46. The van der Waals surface area contributed by atoms with E-state index in [1.807, 2.05) is 13.0 Å². The Bertz CT molecular complexity index is 676. The fourth-order valence-corrected chi connectivity index (χ4v) is 1.91. The maximum Gasteiger partial charge on any atom is 0.273 e. The number of aryl methyl sites for hydroxylation is 1. The Labute approximate surface area is 126 Å². The summed E-state index contributed by atoms with van der Waals surface area (Å²) in [6.07, 6.45) is 1.60. The molecule has 0 spiro atoms. The van der Waals surface area contributed by atoms with Gasteiger partial charge < -0.3 is 9.47 Å². The molecule has 1 aromatic carbocycles. The van der Waals surface area contributed by atoms with Gasteiger partial charge in [0.15, 0.2) is 11.5 Å². The molecule has 0 N–H and O–H groups in total. The summed E-state index contributed by atoms with van der Waals surface area (Å²) in [6, 6.07) is 5.98. The lowest BCUT2D eigenvalue weighted by atomic mass is 10.2. The second kappa shape index (κ2) is 6.41. The van der Waals surface area contributed by atoms with Gasteiger partial charge in [-0.15, -0.1) is 11.6 Å². The van der Waals surface area contributed by atoms with Crippen LogP contribution in [0.3, 0.4) is 0 Å². The number of hydrogen-bond acceptors (Lipinski definition) is 5. The molecular formula is C14H13ClN2O4. The Hall–Kier alpha value is -2.34. The van der Waals surface area contributed by atoms with Crippen molar-refractivity contribution in [2.75, 3.05) is 7.11 Å². The molecule has 6 nitrogen and oxygen atoms in total. The maximum atomic E-state index is 10.8. The van der Waals surface area contributed by atoms with Gasteiger partial charge in [0, 0.05) is 23.7 Å². The summed E-state index contributed by atoms with van der Waals surface area (Å²) in [5.41, 5.74) is 1.56. The lowest BCUT2D eigenvalue weighted by Crippen LogP contribution is -1.97. The van der Waals surface area contributed by atoms with Crippen LogP contribution in [0, 0.1) is 17.0 Å². The van der Waals surface area contributed by atoms with Gasteiger partial charge in [-0.05, 0) is 24.6 Å². The average molecular weight is 309 g/mol. The van der Waals surface area contributed by atoms with Crippen molar-refractivity contribution in [2.45, 2.75) is 12.8 Å². The number of pyridine rings is 1. The molecule has 0 amide bonds. The Kier molecular flexibility index (Phi) is 4.59. The van der Waals surface area contributed by atoms with Crippen molar-refractivity contribution in [3.05, 3.63) is 51.7 Å². The van der Waals surface area contributed by atoms with Crippen LogP contribution in [-0.2, 0) is 5.88 Å².